The van der Waals surface area contributed by atoms with Gasteiger partial charge in [-0.3, -0.25) is 0 Å². The Kier molecular flexibility index (Phi) is 3.80. The zero-order valence-electron chi connectivity index (χ0n) is 12.9. The van der Waals surface area contributed by atoms with Gasteiger partial charge in [-0.05, 0) is 17.2 Å². The maximum atomic E-state index is 11.5. The molecule has 0 aliphatic carbocycles. The molecule has 0 atom stereocenters. The predicted molar refractivity (Wildman–Crippen MR) is 89.6 cm³/mol. The first-order valence-electron chi connectivity index (χ1n) is 7.24. The zero-order valence-corrected chi connectivity index (χ0v) is 12.9. The van der Waals surface area contributed by atoms with Crippen LogP contribution >= 0.6 is 0 Å². The first-order valence-corrected chi connectivity index (χ1v) is 7.24. The summed E-state index contributed by atoms with van der Waals surface area (Å²) in [7, 11) is 1.60. The number of carboxylic acids is 1. The Bertz CT molecular complexity index is 963. The van der Waals surface area contributed by atoms with Crippen molar-refractivity contribution in [1.29, 1.82) is 5.26 Å². The second-order valence-electron chi connectivity index (χ2n) is 5.39. The van der Waals surface area contributed by atoms with Gasteiger partial charge in [0.1, 0.15) is 17.5 Å². The van der Waals surface area contributed by atoms with Gasteiger partial charge in [-0.15, -0.1) is 0 Å². The van der Waals surface area contributed by atoms with E-state index in [0.29, 0.717) is 22.3 Å². The van der Waals surface area contributed by atoms with Crippen LogP contribution in [0.15, 0.2) is 54.7 Å². The van der Waals surface area contributed by atoms with Crippen LogP contribution in [-0.2, 0) is 7.05 Å². The summed E-state index contributed by atoms with van der Waals surface area (Å²) in [6, 6.07) is 16.1. The summed E-state index contributed by atoms with van der Waals surface area (Å²) in [5, 5.41) is 28.6. The van der Waals surface area contributed by atoms with E-state index in [1.165, 1.54) is 10.8 Å². The molecule has 0 aliphatic heterocycles. The molecule has 1 aromatic heterocycles. The number of aromatic carboxylic acids is 1. The van der Waals surface area contributed by atoms with Gasteiger partial charge in [0, 0.05) is 24.4 Å². The molecule has 0 spiro atoms. The summed E-state index contributed by atoms with van der Waals surface area (Å²) in [5.41, 5.74) is 2.92. The summed E-state index contributed by atoms with van der Waals surface area (Å²) in [5.74, 6) is -0.910. The van der Waals surface area contributed by atoms with E-state index in [1.807, 2.05) is 12.1 Å². The first-order chi connectivity index (χ1) is 11.5. The number of rotatable bonds is 3. The second kappa shape index (κ2) is 5.94. The second-order valence-corrected chi connectivity index (χ2v) is 5.39. The largest absolute Gasteiger partial charge is 0.507 e. The molecule has 2 N–H and O–H groups in total. The fourth-order valence-electron chi connectivity index (χ4n) is 2.80. The summed E-state index contributed by atoms with van der Waals surface area (Å²) < 4.78 is 1.44. The lowest BCUT2D eigenvalue weighted by molar-refractivity contribution is 0.0687. The predicted octanol–water partition coefficient (Wildman–Crippen LogP) is 3.63. The summed E-state index contributed by atoms with van der Waals surface area (Å²) >= 11 is 0. The van der Waals surface area contributed by atoms with Gasteiger partial charge in [-0.2, -0.15) is 5.26 Å². The maximum absolute atomic E-state index is 11.5. The maximum Gasteiger partial charge on any atom is 0.353 e. The van der Waals surface area contributed by atoms with Gasteiger partial charge >= 0.3 is 5.97 Å². The van der Waals surface area contributed by atoms with Crippen molar-refractivity contribution in [2.45, 2.75) is 0 Å². The van der Waals surface area contributed by atoms with Crippen LogP contribution in [0.2, 0.25) is 0 Å². The minimum Gasteiger partial charge on any atom is -0.507 e. The van der Waals surface area contributed by atoms with Crippen LogP contribution in [0, 0.1) is 11.3 Å². The van der Waals surface area contributed by atoms with Crippen LogP contribution in [-0.4, -0.2) is 20.7 Å². The molecule has 0 saturated heterocycles. The number of para-hydroxylation sites is 1. The highest BCUT2D eigenvalue weighted by Crippen LogP contribution is 2.33. The molecular weight excluding hydrogens is 304 g/mol. The fourth-order valence-corrected chi connectivity index (χ4v) is 2.80. The molecule has 118 valence electrons. The number of benzene rings is 2. The molecule has 5 nitrogen and oxygen atoms in total. The summed E-state index contributed by atoms with van der Waals surface area (Å²) in [6.07, 6.45) is 1.51. The Morgan fingerprint density at radius 3 is 2.29 bits per heavy atom. The molecule has 0 bridgehead atoms. The number of hydrogen-bond acceptors (Lipinski definition) is 3. The van der Waals surface area contributed by atoms with Crippen molar-refractivity contribution < 1.29 is 15.0 Å². The van der Waals surface area contributed by atoms with E-state index in [-0.39, 0.29) is 11.4 Å². The minimum atomic E-state index is -1.08. The van der Waals surface area contributed by atoms with E-state index >= 15 is 0 Å². The standard InChI is InChI=1S/C19H14N2O3/c1-21-11-14(10-20)17(18(21)19(23)24)13-8-6-12(7-9-13)15-4-2-3-5-16(15)22/h2-9,11,22H,1H3,(H,23,24). The third-order valence-electron chi connectivity index (χ3n) is 3.89. The third kappa shape index (κ3) is 2.50. The van der Waals surface area contributed by atoms with Gasteiger partial charge in [-0.25, -0.2) is 4.79 Å². The quantitative estimate of drug-likeness (QED) is 0.772. The van der Waals surface area contributed by atoms with Gasteiger partial charge < -0.3 is 14.8 Å². The highest BCUT2D eigenvalue weighted by molar-refractivity contribution is 5.97. The van der Waals surface area contributed by atoms with Crippen molar-refractivity contribution in [3.05, 3.63) is 66.0 Å². The molecule has 24 heavy (non-hydrogen) atoms. The molecular formula is C19H14N2O3. The number of carbonyl (C=O) groups is 1. The molecule has 0 radical (unpaired) electrons. The lowest BCUT2D eigenvalue weighted by atomic mass is 9.98. The molecule has 0 amide bonds. The Hall–Kier alpha value is -3.52. The third-order valence-corrected chi connectivity index (χ3v) is 3.89. The van der Waals surface area contributed by atoms with Crippen molar-refractivity contribution in [2.75, 3.05) is 0 Å². The van der Waals surface area contributed by atoms with E-state index in [0.717, 1.165) is 5.56 Å². The zero-order chi connectivity index (χ0) is 17.3. The van der Waals surface area contributed by atoms with Crippen LogP contribution in [0.25, 0.3) is 22.3 Å². The van der Waals surface area contributed by atoms with Crippen molar-refractivity contribution in [3.63, 3.8) is 0 Å². The van der Waals surface area contributed by atoms with Crippen LogP contribution in [0.5, 0.6) is 5.75 Å². The molecule has 1 heterocycles. The molecule has 3 rings (SSSR count). The monoisotopic (exact) mass is 318 g/mol. The molecule has 2 aromatic carbocycles. The van der Waals surface area contributed by atoms with Crippen LogP contribution in [0.1, 0.15) is 16.1 Å². The van der Waals surface area contributed by atoms with Crippen LogP contribution in [0.4, 0.5) is 0 Å². The molecule has 0 saturated carbocycles. The van der Waals surface area contributed by atoms with E-state index in [9.17, 15) is 20.3 Å². The normalized spacial score (nSPS) is 10.3. The van der Waals surface area contributed by atoms with E-state index in [4.69, 9.17) is 0 Å². The SMILES string of the molecule is Cn1cc(C#N)c(-c2ccc(-c3ccccc3O)cc2)c1C(=O)O. The van der Waals surface area contributed by atoms with E-state index in [2.05, 4.69) is 0 Å². The molecule has 0 unspecified atom stereocenters. The van der Waals surface area contributed by atoms with Crippen molar-refractivity contribution in [2.24, 2.45) is 7.05 Å². The molecule has 3 aromatic rings. The van der Waals surface area contributed by atoms with Crippen molar-refractivity contribution in [3.8, 4) is 34.1 Å². The summed E-state index contributed by atoms with van der Waals surface area (Å²) in [4.78, 5) is 11.5. The Labute approximate surface area is 138 Å². The highest BCUT2D eigenvalue weighted by Gasteiger charge is 2.21. The number of aromatic nitrogens is 1. The number of carboxylic acid groups (broad SMARTS) is 1. The first kappa shape index (κ1) is 15.4. The van der Waals surface area contributed by atoms with Gasteiger partial charge in [0.2, 0.25) is 0 Å². The Morgan fingerprint density at radius 2 is 1.71 bits per heavy atom. The lowest BCUT2D eigenvalue weighted by Crippen LogP contribution is -2.05. The number of aryl methyl sites for hydroxylation is 1. The van der Waals surface area contributed by atoms with E-state index < -0.39 is 5.97 Å². The van der Waals surface area contributed by atoms with Crippen molar-refractivity contribution in [1.82, 2.24) is 4.57 Å². The topological polar surface area (TPSA) is 86.3 Å². The van der Waals surface area contributed by atoms with Gasteiger partial charge in [-0.1, -0.05) is 42.5 Å². The van der Waals surface area contributed by atoms with Crippen LogP contribution < -0.4 is 0 Å². The minimum absolute atomic E-state index is 0.0712. The number of aromatic hydroxyl groups is 1. The lowest BCUT2D eigenvalue weighted by Gasteiger charge is -2.07. The average molecular weight is 318 g/mol. The number of phenols is 1. The summed E-state index contributed by atoms with van der Waals surface area (Å²) in [6.45, 7) is 0. The van der Waals surface area contributed by atoms with E-state index in [1.54, 1.807) is 49.5 Å². The number of nitrogens with zero attached hydrogens (tertiary/aromatic N) is 2. The Morgan fingerprint density at radius 1 is 1.08 bits per heavy atom. The highest BCUT2D eigenvalue weighted by atomic mass is 16.4. The number of hydrogen-bond donors (Lipinski definition) is 2. The smallest absolute Gasteiger partial charge is 0.353 e. The molecule has 0 aliphatic rings. The van der Waals surface area contributed by atoms with Crippen molar-refractivity contribution >= 4 is 5.97 Å². The number of nitriles is 1. The fraction of sp³-hybridized carbons (Fsp3) is 0.0526. The molecule has 5 heteroatoms. The van der Waals surface area contributed by atoms with Gasteiger partial charge in [0.05, 0.1) is 5.56 Å². The van der Waals surface area contributed by atoms with Gasteiger partial charge in [0.25, 0.3) is 0 Å². The van der Waals surface area contributed by atoms with Gasteiger partial charge in [0.15, 0.2) is 0 Å². The Balaban J connectivity index is 2.12. The average Bonchev–Trinajstić information content (AvgIpc) is 2.92. The van der Waals surface area contributed by atoms with Crippen LogP contribution in [0.3, 0.4) is 0 Å². The number of phenolic OH excluding ortho intramolecular Hbond substituents is 1. The molecule has 0 fully saturated rings.